The summed E-state index contributed by atoms with van der Waals surface area (Å²) in [6.45, 7) is 7.91. The molecule has 0 spiro atoms. The van der Waals surface area contributed by atoms with E-state index in [-0.39, 0.29) is 0 Å². The number of hydrogen-bond acceptors (Lipinski definition) is 2. The van der Waals surface area contributed by atoms with E-state index in [0.29, 0.717) is 0 Å². The first-order valence-corrected chi connectivity index (χ1v) is 4.22. The Bertz CT molecular complexity index is 218. The van der Waals surface area contributed by atoms with E-state index in [4.69, 9.17) is 5.73 Å². The number of allylic oxidation sites excluding steroid dienone is 3. The van der Waals surface area contributed by atoms with Gasteiger partial charge in [0.05, 0.1) is 11.4 Å². The van der Waals surface area contributed by atoms with E-state index in [9.17, 15) is 0 Å². The Hall–Kier alpha value is -1.05. The molecule has 2 heteroatoms. The van der Waals surface area contributed by atoms with Crippen molar-refractivity contribution in [1.82, 2.24) is 0 Å². The summed E-state index contributed by atoms with van der Waals surface area (Å²) in [7, 11) is 0. The Kier molecular flexibility index (Phi) is 5.09. The van der Waals surface area contributed by atoms with Crippen LogP contribution < -0.4 is 5.73 Å². The molecule has 0 aliphatic rings. The van der Waals surface area contributed by atoms with Crippen molar-refractivity contribution >= 4 is 5.71 Å². The van der Waals surface area contributed by atoms with Gasteiger partial charge in [0.1, 0.15) is 0 Å². The average molecular weight is 166 g/mol. The van der Waals surface area contributed by atoms with Gasteiger partial charge in [-0.05, 0) is 33.3 Å². The van der Waals surface area contributed by atoms with Crippen molar-refractivity contribution in [3.63, 3.8) is 0 Å². The molecule has 0 atom stereocenters. The highest BCUT2D eigenvalue weighted by Gasteiger charge is 1.90. The molecule has 0 heterocycles. The number of hydrogen-bond donors (Lipinski definition) is 1. The first-order valence-electron chi connectivity index (χ1n) is 4.22. The molecular weight excluding hydrogens is 148 g/mol. The Labute approximate surface area is 74.9 Å². The van der Waals surface area contributed by atoms with E-state index in [2.05, 4.69) is 11.9 Å². The van der Waals surface area contributed by atoms with Crippen molar-refractivity contribution in [3.05, 3.63) is 23.5 Å². The van der Waals surface area contributed by atoms with Crippen molar-refractivity contribution in [3.8, 4) is 0 Å². The third-order valence-corrected chi connectivity index (χ3v) is 1.34. The van der Waals surface area contributed by atoms with E-state index >= 15 is 0 Å². The number of aliphatic imine (C=N–C) groups is 1. The molecule has 0 unspecified atom stereocenters. The van der Waals surface area contributed by atoms with Gasteiger partial charge in [0.2, 0.25) is 0 Å². The van der Waals surface area contributed by atoms with Gasteiger partial charge in [-0.3, -0.25) is 4.99 Å². The number of rotatable bonds is 3. The number of nitrogens with two attached hydrogens (primary N) is 1. The van der Waals surface area contributed by atoms with Crippen LogP contribution in [0.4, 0.5) is 0 Å². The molecule has 0 radical (unpaired) electrons. The molecule has 12 heavy (non-hydrogen) atoms. The lowest BCUT2D eigenvalue weighted by molar-refractivity contribution is 1.17. The van der Waals surface area contributed by atoms with Crippen molar-refractivity contribution in [1.29, 1.82) is 0 Å². The van der Waals surface area contributed by atoms with Crippen molar-refractivity contribution < 1.29 is 0 Å². The lowest BCUT2D eigenvalue weighted by Crippen LogP contribution is -1.97. The average Bonchev–Trinajstić information content (AvgIpc) is 1.98. The smallest absolute Gasteiger partial charge is 0.0600 e. The summed E-state index contributed by atoms with van der Waals surface area (Å²) >= 11 is 0. The normalized spacial score (nSPS) is 13.0. The van der Waals surface area contributed by atoms with Gasteiger partial charge in [-0.25, -0.2) is 0 Å². The molecule has 0 aliphatic carbocycles. The minimum Gasteiger partial charge on any atom is -0.397 e. The van der Waals surface area contributed by atoms with Gasteiger partial charge in [-0.1, -0.05) is 13.0 Å². The second kappa shape index (κ2) is 5.58. The summed E-state index contributed by atoms with van der Waals surface area (Å²) in [6, 6.07) is 0. The highest BCUT2D eigenvalue weighted by Crippen LogP contribution is 2.02. The Morgan fingerprint density at radius 2 is 1.92 bits per heavy atom. The van der Waals surface area contributed by atoms with Gasteiger partial charge in [0.25, 0.3) is 0 Å². The SMILES string of the molecule is CC/C=C\C(N)=C(/C)N=C(C)C. The fourth-order valence-electron chi connectivity index (χ4n) is 0.765. The van der Waals surface area contributed by atoms with Crippen LogP contribution in [0.3, 0.4) is 0 Å². The topological polar surface area (TPSA) is 38.4 Å². The highest BCUT2D eigenvalue weighted by molar-refractivity contribution is 5.80. The van der Waals surface area contributed by atoms with E-state index < -0.39 is 0 Å². The van der Waals surface area contributed by atoms with Crippen LogP contribution in [0.5, 0.6) is 0 Å². The van der Waals surface area contributed by atoms with Crippen molar-refractivity contribution in [2.45, 2.75) is 34.1 Å². The second-order valence-electron chi connectivity index (χ2n) is 2.91. The number of nitrogens with zero attached hydrogens (tertiary/aromatic N) is 1. The molecule has 0 aromatic rings. The molecule has 0 bridgehead atoms. The van der Waals surface area contributed by atoms with Crippen LogP contribution in [0.1, 0.15) is 34.1 Å². The first kappa shape index (κ1) is 11.0. The maximum Gasteiger partial charge on any atom is 0.0600 e. The van der Waals surface area contributed by atoms with Gasteiger partial charge in [0, 0.05) is 5.71 Å². The Morgan fingerprint density at radius 1 is 1.33 bits per heavy atom. The molecule has 0 aliphatic heterocycles. The summed E-state index contributed by atoms with van der Waals surface area (Å²) in [5.41, 5.74) is 8.40. The predicted octanol–water partition coefficient (Wildman–Crippen LogP) is 2.62. The molecule has 68 valence electrons. The second-order valence-corrected chi connectivity index (χ2v) is 2.91. The van der Waals surface area contributed by atoms with Crippen LogP contribution in [-0.4, -0.2) is 5.71 Å². The van der Waals surface area contributed by atoms with Gasteiger partial charge in [-0.2, -0.15) is 0 Å². The summed E-state index contributed by atoms with van der Waals surface area (Å²) < 4.78 is 0. The van der Waals surface area contributed by atoms with Gasteiger partial charge in [-0.15, -0.1) is 0 Å². The van der Waals surface area contributed by atoms with Crippen LogP contribution in [-0.2, 0) is 0 Å². The zero-order valence-corrected chi connectivity index (χ0v) is 8.39. The summed E-state index contributed by atoms with van der Waals surface area (Å²) in [4.78, 5) is 4.25. The molecule has 0 aromatic carbocycles. The molecule has 0 aromatic heterocycles. The lowest BCUT2D eigenvalue weighted by Gasteiger charge is -1.97. The maximum atomic E-state index is 5.74. The monoisotopic (exact) mass is 166 g/mol. The molecular formula is C10H18N2. The fourth-order valence-corrected chi connectivity index (χ4v) is 0.765. The molecule has 0 saturated carbocycles. The third kappa shape index (κ3) is 4.72. The van der Waals surface area contributed by atoms with Crippen LogP contribution in [0, 0.1) is 0 Å². The van der Waals surface area contributed by atoms with Gasteiger partial charge >= 0.3 is 0 Å². The molecule has 2 N–H and O–H groups in total. The van der Waals surface area contributed by atoms with Crippen molar-refractivity contribution in [2.75, 3.05) is 0 Å². The minimum absolute atomic E-state index is 0.748. The van der Waals surface area contributed by atoms with E-state index in [1.807, 2.05) is 32.9 Å². The highest BCUT2D eigenvalue weighted by atomic mass is 14.8. The van der Waals surface area contributed by atoms with Crippen molar-refractivity contribution in [2.24, 2.45) is 10.7 Å². The van der Waals surface area contributed by atoms with Crippen LogP contribution >= 0.6 is 0 Å². The molecule has 0 saturated heterocycles. The third-order valence-electron chi connectivity index (χ3n) is 1.34. The predicted molar refractivity (Wildman–Crippen MR) is 55.1 cm³/mol. The van der Waals surface area contributed by atoms with Gasteiger partial charge < -0.3 is 5.73 Å². The lowest BCUT2D eigenvalue weighted by atomic mass is 10.3. The molecule has 2 nitrogen and oxygen atoms in total. The van der Waals surface area contributed by atoms with Crippen LogP contribution in [0.25, 0.3) is 0 Å². The first-order chi connectivity index (χ1) is 5.57. The summed E-state index contributed by atoms with van der Waals surface area (Å²) in [5, 5.41) is 0. The molecule has 0 rings (SSSR count). The van der Waals surface area contributed by atoms with Crippen LogP contribution in [0.2, 0.25) is 0 Å². The van der Waals surface area contributed by atoms with Gasteiger partial charge in [0.15, 0.2) is 0 Å². The largest absolute Gasteiger partial charge is 0.397 e. The van der Waals surface area contributed by atoms with E-state index in [0.717, 1.165) is 23.5 Å². The maximum absolute atomic E-state index is 5.74. The quantitative estimate of drug-likeness (QED) is 0.508. The zero-order valence-electron chi connectivity index (χ0n) is 8.39. The Morgan fingerprint density at radius 3 is 2.33 bits per heavy atom. The molecule has 0 fully saturated rings. The zero-order chi connectivity index (χ0) is 9.56. The standard InChI is InChI=1S/C10H18N2/c1-5-6-7-10(11)9(4)12-8(2)3/h6-7H,5,11H2,1-4H3/b7-6-,10-9-. The van der Waals surface area contributed by atoms with Crippen LogP contribution in [0.15, 0.2) is 28.5 Å². The van der Waals surface area contributed by atoms with E-state index in [1.165, 1.54) is 0 Å². The summed E-state index contributed by atoms with van der Waals surface area (Å²) in [5.74, 6) is 0. The Balaban J connectivity index is 4.47. The molecule has 0 amide bonds. The summed E-state index contributed by atoms with van der Waals surface area (Å²) in [6.07, 6.45) is 4.93. The minimum atomic E-state index is 0.748. The van der Waals surface area contributed by atoms with E-state index in [1.54, 1.807) is 0 Å². The fraction of sp³-hybridized carbons (Fsp3) is 0.500.